The van der Waals surface area contributed by atoms with Crippen LogP contribution >= 0.6 is 0 Å². The molecule has 3 aromatic carbocycles. The lowest BCUT2D eigenvalue weighted by Crippen LogP contribution is -2.22. The van der Waals surface area contributed by atoms with Gasteiger partial charge in [-0.2, -0.15) is 0 Å². The molecule has 2 heterocycles. The standard InChI is InChI=1S/C20H13N3O/c1-2-7-14(8-3-1)20(22-16-10-4-5-11-17(16)23-20)15-9-6-12-18-19(15)21-13-24-18/h1-13H. The van der Waals surface area contributed by atoms with Gasteiger partial charge < -0.3 is 4.42 Å². The van der Waals surface area contributed by atoms with E-state index in [0.717, 1.165) is 32.9 Å². The van der Waals surface area contributed by atoms with Gasteiger partial charge >= 0.3 is 0 Å². The first-order valence-electron chi connectivity index (χ1n) is 7.80. The third kappa shape index (κ3) is 1.77. The summed E-state index contributed by atoms with van der Waals surface area (Å²) in [5, 5.41) is 1.78. The van der Waals surface area contributed by atoms with Crippen molar-refractivity contribution in [1.29, 1.82) is 0 Å². The van der Waals surface area contributed by atoms with Crippen LogP contribution in [0.4, 0.5) is 0 Å². The van der Waals surface area contributed by atoms with Crippen molar-refractivity contribution in [3.63, 3.8) is 0 Å². The van der Waals surface area contributed by atoms with E-state index in [1.54, 1.807) is 0 Å². The number of rotatable bonds is 2. The highest BCUT2D eigenvalue weighted by molar-refractivity contribution is 5.78. The Morgan fingerprint density at radius 2 is 1.42 bits per heavy atom. The van der Waals surface area contributed by atoms with Gasteiger partial charge in [-0.25, -0.2) is 15.0 Å². The van der Waals surface area contributed by atoms with Crippen LogP contribution in [0.5, 0.6) is 0 Å². The number of nitrogens with zero attached hydrogens (tertiary/aromatic N) is 3. The molecule has 4 aromatic rings. The predicted octanol–water partition coefficient (Wildman–Crippen LogP) is 2.98. The van der Waals surface area contributed by atoms with E-state index in [4.69, 9.17) is 14.4 Å². The van der Waals surface area contributed by atoms with E-state index in [1.807, 2.05) is 60.7 Å². The van der Waals surface area contributed by atoms with Crippen molar-refractivity contribution >= 4 is 11.1 Å². The minimum atomic E-state index is -0.832. The van der Waals surface area contributed by atoms with Crippen LogP contribution in [0, 0.1) is 0 Å². The van der Waals surface area contributed by atoms with Crippen molar-refractivity contribution in [3.05, 3.63) is 101 Å². The fourth-order valence-electron chi connectivity index (χ4n) is 3.27. The normalized spacial score (nSPS) is 14.8. The summed E-state index contributed by atoms with van der Waals surface area (Å²) >= 11 is 0. The largest absolute Gasteiger partial charge is 0.443 e. The number of fused-ring (bicyclic) bond motifs is 2. The molecule has 4 heteroatoms. The molecule has 0 amide bonds. The monoisotopic (exact) mass is 311 g/mol. The van der Waals surface area contributed by atoms with Crippen molar-refractivity contribution in [1.82, 2.24) is 4.98 Å². The number of hydrogen-bond donors (Lipinski definition) is 0. The summed E-state index contributed by atoms with van der Waals surface area (Å²) in [6.45, 7) is 0. The van der Waals surface area contributed by atoms with Crippen LogP contribution in [0.25, 0.3) is 11.1 Å². The molecular weight excluding hydrogens is 298 g/mol. The fourth-order valence-corrected chi connectivity index (χ4v) is 3.27. The van der Waals surface area contributed by atoms with Crippen LogP contribution in [-0.4, -0.2) is 4.98 Å². The topological polar surface area (TPSA) is 50.8 Å². The minimum absolute atomic E-state index is 0.740. The summed E-state index contributed by atoms with van der Waals surface area (Å²) in [4.78, 5) is 14.4. The Hall–Kier alpha value is -3.27. The van der Waals surface area contributed by atoms with E-state index in [1.165, 1.54) is 6.39 Å². The summed E-state index contributed by atoms with van der Waals surface area (Å²) in [7, 11) is 0. The maximum absolute atomic E-state index is 5.48. The molecule has 0 bridgehead atoms. The highest BCUT2D eigenvalue weighted by Crippen LogP contribution is 2.38. The van der Waals surface area contributed by atoms with Crippen LogP contribution in [0.2, 0.25) is 0 Å². The van der Waals surface area contributed by atoms with Crippen LogP contribution in [0.15, 0.2) is 93.6 Å². The maximum atomic E-state index is 5.48. The maximum Gasteiger partial charge on any atom is 0.205 e. The molecular formula is C20H13N3O. The number of hydrogen-bond acceptors (Lipinski definition) is 4. The zero-order chi connectivity index (χ0) is 16.0. The van der Waals surface area contributed by atoms with Crippen LogP contribution in [-0.2, 0) is 5.66 Å². The molecule has 24 heavy (non-hydrogen) atoms. The Labute approximate surface area is 137 Å². The molecule has 0 spiro atoms. The molecule has 4 nitrogen and oxygen atoms in total. The summed E-state index contributed by atoms with van der Waals surface area (Å²) < 4.78 is 5.48. The lowest BCUT2D eigenvalue weighted by atomic mass is 9.91. The first kappa shape index (κ1) is 13.2. The highest BCUT2D eigenvalue weighted by atomic mass is 16.3. The number of aromatic nitrogens is 1. The van der Waals surface area contributed by atoms with Gasteiger partial charge in [0, 0.05) is 11.1 Å². The molecule has 0 aliphatic carbocycles. The van der Waals surface area contributed by atoms with Gasteiger partial charge in [0.2, 0.25) is 5.66 Å². The zero-order valence-electron chi connectivity index (χ0n) is 12.8. The molecule has 114 valence electrons. The predicted molar refractivity (Wildman–Crippen MR) is 90.0 cm³/mol. The average molecular weight is 311 g/mol. The molecule has 1 aromatic heterocycles. The minimum Gasteiger partial charge on any atom is -0.443 e. The van der Waals surface area contributed by atoms with Crippen molar-refractivity contribution < 1.29 is 4.42 Å². The summed E-state index contributed by atoms with van der Waals surface area (Å²) in [5.41, 5.74) is 2.64. The summed E-state index contributed by atoms with van der Waals surface area (Å²) in [6.07, 6.45) is 1.47. The fraction of sp³-hybridized carbons (Fsp3) is 0.0500. The van der Waals surface area contributed by atoms with E-state index in [9.17, 15) is 0 Å². The van der Waals surface area contributed by atoms with Crippen molar-refractivity contribution in [2.45, 2.75) is 5.66 Å². The quantitative estimate of drug-likeness (QED) is 0.571. The molecule has 5 rings (SSSR count). The van der Waals surface area contributed by atoms with E-state index >= 15 is 0 Å². The van der Waals surface area contributed by atoms with Crippen molar-refractivity contribution in [2.24, 2.45) is 9.98 Å². The van der Waals surface area contributed by atoms with Gasteiger partial charge in [0.25, 0.3) is 0 Å². The van der Waals surface area contributed by atoms with Gasteiger partial charge in [0.15, 0.2) is 12.0 Å². The van der Waals surface area contributed by atoms with Crippen LogP contribution in [0.1, 0.15) is 11.1 Å². The van der Waals surface area contributed by atoms with E-state index in [-0.39, 0.29) is 0 Å². The molecule has 0 saturated heterocycles. The van der Waals surface area contributed by atoms with Gasteiger partial charge in [-0.05, 0) is 18.2 Å². The Kier molecular flexibility index (Phi) is 2.67. The molecule has 1 aliphatic rings. The Morgan fingerprint density at radius 3 is 2.17 bits per heavy atom. The van der Waals surface area contributed by atoms with Crippen molar-refractivity contribution in [2.75, 3.05) is 0 Å². The van der Waals surface area contributed by atoms with Gasteiger partial charge in [-0.15, -0.1) is 0 Å². The molecule has 1 aliphatic heterocycles. The Balaban J connectivity index is 1.91. The summed E-state index contributed by atoms with van der Waals surface area (Å²) in [5.74, 6) is 0. The molecule has 0 N–H and O–H groups in total. The van der Waals surface area contributed by atoms with Gasteiger partial charge in [-0.3, -0.25) is 0 Å². The van der Waals surface area contributed by atoms with E-state index in [2.05, 4.69) is 17.1 Å². The molecule has 0 atom stereocenters. The first-order valence-corrected chi connectivity index (χ1v) is 7.80. The third-order valence-corrected chi connectivity index (χ3v) is 4.36. The second-order valence-electron chi connectivity index (χ2n) is 5.76. The average Bonchev–Trinajstić information content (AvgIpc) is 3.27. The van der Waals surface area contributed by atoms with E-state index in [0.29, 0.717) is 0 Å². The lowest BCUT2D eigenvalue weighted by Gasteiger charge is -2.24. The van der Waals surface area contributed by atoms with Gasteiger partial charge in [0.05, 0.1) is 10.7 Å². The zero-order valence-corrected chi connectivity index (χ0v) is 12.8. The molecule has 0 fully saturated rings. The first-order chi connectivity index (χ1) is 11.9. The molecule has 0 saturated carbocycles. The lowest BCUT2D eigenvalue weighted by molar-refractivity contribution is 0.573. The SMILES string of the molecule is c1ccc(C2(c3cccc4ocnc34)N=c3ccccc3=N2)cc1. The summed E-state index contributed by atoms with van der Waals surface area (Å²) in [6, 6.07) is 24.0. The highest BCUT2D eigenvalue weighted by Gasteiger charge is 2.37. The molecule has 0 radical (unpaired) electrons. The Bertz CT molecular complexity index is 1130. The Morgan fingerprint density at radius 1 is 0.708 bits per heavy atom. The van der Waals surface area contributed by atoms with E-state index < -0.39 is 5.66 Å². The second-order valence-corrected chi connectivity index (χ2v) is 5.76. The third-order valence-electron chi connectivity index (χ3n) is 4.36. The smallest absolute Gasteiger partial charge is 0.205 e. The second kappa shape index (κ2) is 4.86. The van der Waals surface area contributed by atoms with Crippen molar-refractivity contribution in [3.8, 4) is 0 Å². The number of para-hydroxylation sites is 3. The van der Waals surface area contributed by atoms with Gasteiger partial charge in [-0.1, -0.05) is 54.6 Å². The van der Waals surface area contributed by atoms with Crippen LogP contribution < -0.4 is 10.7 Å². The van der Waals surface area contributed by atoms with Gasteiger partial charge in [0.1, 0.15) is 5.52 Å². The van der Waals surface area contributed by atoms with Crippen LogP contribution in [0.3, 0.4) is 0 Å². The molecule has 0 unspecified atom stereocenters. The number of oxazole rings is 1. The number of benzene rings is 3.